The molecule has 0 bridgehead atoms. The van der Waals surface area contributed by atoms with Crippen LogP contribution in [0.1, 0.15) is 36.0 Å². The van der Waals surface area contributed by atoms with Gasteiger partial charge in [-0.3, -0.25) is 4.79 Å². The number of aromatic nitrogens is 3. The Morgan fingerprint density at radius 2 is 2.00 bits per heavy atom. The van der Waals surface area contributed by atoms with E-state index in [1.165, 1.54) is 23.7 Å². The van der Waals surface area contributed by atoms with Gasteiger partial charge in [0, 0.05) is 48.7 Å². The molecule has 2 aromatic carbocycles. The highest BCUT2D eigenvalue weighted by molar-refractivity contribution is 6.00. The van der Waals surface area contributed by atoms with Gasteiger partial charge >= 0.3 is 0 Å². The number of carbonyl (C=O) groups is 1. The molecule has 1 saturated carbocycles. The average Bonchev–Trinajstić information content (AvgIpc) is 3.36. The Labute approximate surface area is 198 Å². The summed E-state index contributed by atoms with van der Waals surface area (Å²) in [5, 5.41) is 1.24. The predicted octanol–water partition coefficient (Wildman–Crippen LogP) is 4.02. The van der Waals surface area contributed by atoms with Crippen LogP contribution in [0.2, 0.25) is 0 Å². The number of aryl methyl sites for hydroxylation is 1. The summed E-state index contributed by atoms with van der Waals surface area (Å²) in [7, 11) is 0. The summed E-state index contributed by atoms with van der Waals surface area (Å²) in [6.45, 7) is 3.81. The van der Waals surface area contributed by atoms with Crippen LogP contribution in [0.4, 0.5) is 0 Å². The normalized spacial score (nSPS) is 20.1. The second-order valence-electron chi connectivity index (χ2n) is 10.1. The van der Waals surface area contributed by atoms with Gasteiger partial charge in [-0.15, -0.1) is 0 Å². The first-order valence-electron chi connectivity index (χ1n) is 12.5. The topological polar surface area (TPSA) is 78.3 Å². The summed E-state index contributed by atoms with van der Waals surface area (Å²) in [6, 6.07) is 14.8. The lowest BCUT2D eigenvalue weighted by Crippen LogP contribution is -2.31. The zero-order chi connectivity index (χ0) is 22.8. The molecular formula is C27H29N5O2. The number of imidazole rings is 1. The number of likely N-dealkylation sites (tertiary alicyclic amines) is 1. The number of ether oxygens (including phenoxy) is 1. The molecular weight excluding hydrogens is 426 g/mol. The van der Waals surface area contributed by atoms with E-state index in [-0.39, 0.29) is 11.9 Å². The highest BCUT2D eigenvalue weighted by atomic mass is 16.5. The maximum Gasteiger partial charge on any atom is 0.254 e. The zero-order valence-corrected chi connectivity index (χ0v) is 19.2. The minimum atomic E-state index is 0.0119. The number of fused-ring (bicyclic) bond motifs is 1. The summed E-state index contributed by atoms with van der Waals surface area (Å²) in [4.78, 5) is 20.2. The number of nitrogens with zero attached hydrogens (tertiary/aromatic N) is 4. The molecule has 2 fully saturated rings. The summed E-state index contributed by atoms with van der Waals surface area (Å²) in [5.41, 5.74) is 10.9. The van der Waals surface area contributed by atoms with Crippen molar-refractivity contribution >= 4 is 27.8 Å². The van der Waals surface area contributed by atoms with Crippen LogP contribution in [0.3, 0.4) is 0 Å². The van der Waals surface area contributed by atoms with Gasteiger partial charge in [0.2, 0.25) is 0 Å². The number of para-hydroxylation sites is 1. The number of carbonyl (C=O) groups excluding carboxylic acids is 1. The van der Waals surface area contributed by atoms with Gasteiger partial charge in [-0.05, 0) is 55.9 Å². The molecule has 7 rings (SSSR count). The Balaban J connectivity index is 1.40. The second-order valence-corrected chi connectivity index (χ2v) is 10.1. The lowest BCUT2D eigenvalue weighted by Gasteiger charge is -2.16. The fourth-order valence-corrected chi connectivity index (χ4v) is 5.59. The quantitative estimate of drug-likeness (QED) is 0.504. The van der Waals surface area contributed by atoms with E-state index >= 15 is 0 Å². The predicted molar refractivity (Wildman–Crippen MR) is 132 cm³/mol. The number of rotatable bonds is 4. The van der Waals surface area contributed by atoms with Crippen molar-refractivity contribution in [3.8, 4) is 17.3 Å². The Bertz CT molecular complexity index is 1430. The van der Waals surface area contributed by atoms with Crippen LogP contribution in [0.25, 0.3) is 33.5 Å². The van der Waals surface area contributed by atoms with E-state index < -0.39 is 0 Å². The summed E-state index contributed by atoms with van der Waals surface area (Å²) in [5.74, 6) is 2.48. The minimum absolute atomic E-state index is 0.0119. The zero-order valence-electron chi connectivity index (χ0n) is 19.2. The summed E-state index contributed by atoms with van der Waals surface area (Å²) >= 11 is 0. The number of amides is 1. The molecule has 7 nitrogen and oxygen atoms in total. The molecule has 0 unspecified atom stereocenters. The van der Waals surface area contributed by atoms with Crippen LogP contribution >= 0.6 is 0 Å². The first kappa shape index (κ1) is 20.1. The molecule has 4 heterocycles. The monoisotopic (exact) mass is 455 g/mol. The SMILES string of the molecule is N[C@@H]1CCN(C(=O)c2cc3c4c(c2)nc(-c2cc5ccccc5n2CC2CC2)n4CCCO3)C1. The van der Waals surface area contributed by atoms with Crippen LogP contribution in [0.15, 0.2) is 42.5 Å². The fraction of sp³-hybridized carbons (Fsp3) is 0.407. The molecule has 1 saturated heterocycles. The Morgan fingerprint density at radius 1 is 1.12 bits per heavy atom. The molecule has 2 aromatic heterocycles. The van der Waals surface area contributed by atoms with Gasteiger partial charge in [-0.1, -0.05) is 18.2 Å². The largest absolute Gasteiger partial charge is 0.491 e. The van der Waals surface area contributed by atoms with E-state index in [1.807, 2.05) is 17.0 Å². The van der Waals surface area contributed by atoms with Gasteiger partial charge in [0.25, 0.3) is 5.91 Å². The van der Waals surface area contributed by atoms with Crippen molar-refractivity contribution in [2.45, 2.75) is 44.8 Å². The summed E-state index contributed by atoms with van der Waals surface area (Å²) in [6.07, 6.45) is 4.35. The number of hydrogen-bond acceptors (Lipinski definition) is 4. The molecule has 1 amide bonds. The smallest absolute Gasteiger partial charge is 0.254 e. The first-order valence-corrected chi connectivity index (χ1v) is 12.5. The molecule has 0 radical (unpaired) electrons. The Kier molecular flexibility index (Phi) is 4.49. The van der Waals surface area contributed by atoms with Crippen molar-refractivity contribution in [2.24, 2.45) is 11.7 Å². The van der Waals surface area contributed by atoms with E-state index in [9.17, 15) is 4.79 Å². The van der Waals surface area contributed by atoms with Gasteiger partial charge in [-0.2, -0.15) is 0 Å². The highest BCUT2D eigenvalue weighted by Crippen LogP contribution is 2.39. The number of nitrogens with two attached hydrogens (primary N) is 1. The summed E-state index contributed by atoms with van der Waals surface area (Å²) < 4.78 is 10.9. The van der Waals surface area contributed by atoms with Crippen molar-refractivity contribution in [2.75, 3.05) is 19.7 Å². The van der Waals surface area contributed by atoms with Gasteiger partial charge in [-0.25, -0.2) is 4.98 Å². The number of benzene rings is 2. The molecule has 2 N–H and O–H groups in total. The fourth-order valence-electron chi connectivity index (χ4n) is 5.59. The molecule has 4 aromatic rings. The molecule has 1 aliphatic carbocycles. The first-order chi connectivity index (χ1) is 16.7. The van der Waals surface area contributed by atoms with Crippen molar-refractivity contribution in [1.29, 1.82) is 0 Å². The lowest BCUT2D eigenvalue weighted by atomic mass is 10.1. The van der Waals surface area contributed by atoms with Crippen molar-refractivity contribution in [3.63, 3.8) is 0 Å². The van der Waals surface area contributed by atoms with E-state index in [4.69, 9.17) is 15.5 Å². The number of hydrogen-bond donors (Lipinski definition) is 1. The minimum Gasteiger partial charge on any atom is -0.491 e. The van der Waals surface area contributed by atoms with Crippen LogP contribution in [0.5, 0.6) is 5.75 Å². The van der Waals surface area contributed by atoms with E-state index in [1.54, 1.807) is 0 Å². The molecule has 34 heavy (non-hydrogen) atoms. The van der Waals surface area contributed by atoms with E-state index in [2.05, 4.69) is 39.5 Å². The van der Waals surface area contributed by atoms with Crippen LogP contribution in [-0.2, 0) is 13.1 Å². The molecule has 1 atom stereocenters. The third-order valence-corrected chi connectivity index (χ3v) is 7.53. The molecule has 7 heteroatoms. The van der Waals surface area contributed by atoms with Gasteiger partial charge in [0.15, 0.2) is 5.82 Å². The molecule has 3 aliphatic rings. The van der Waals surface area contributed by atoms with Crippen LogP contribution in [0, 0.1) is 5.92 Å². The maximum absolute atomic E-state index is 13.2. The highest BCUT2D eigenvalue weighted by Gasteiger charge is 2.29. The van der Waals surface area contributed by atoms with Crippen molar-refractivity contribution < 1.29 is 9.53 Å². The molecule has 174 valence electrons. The van der Waals surface area contributed by atoms with Crippen LogP contribution in [-0.4, -0.2) is 50.7 Å². The van der Waals surface area contributed by atoms with E-state index in [0.717, 1.165) is 60.2 Å². The van der Waals surface area contributed by atoms with Crippen molar-refractivity contribution in [3.05, 3.63) is 48.0 Å². The third-order valence-electron chi connectivity index (χ3n) is 7.53. The van der Waals surface area contributed by atoms with Gasteiger partial charge in [0.1, 0.15) is 11.3 Å². The van der Waals surface area contributed by atoms with Crippen molar-refractivity contribution in [1.82, 2.24) is 19.0 Å². The second kappa shape index (κ2) is 7.60. The average molecular weight is 456 g/mol. The molecule has 0 spiro atoms. The van der Waals surface area contributed by atoms with Crippen LogP contribution < -0.4 is 10.5 Å². The Morgan fingerprint density at radius 3 is 2.82 bits per heavy atom. The lowest BCUT2D eigenvalue weighted by molar-refractivity contribution is 0.0790. The standard InChI is InChI=1S/C27H29N5O2/c28-20-8-10-30(16-20)27(33)19-12-21-25-24(14-19)34-11-3-9-31(25)26(29-21)23-13-18-4-1-2-5-22(18)32(23)15-17-6-7-17/h1-2,4-5,12-14,17,20H,3,6-11,15-16,28H2/t20-/m1/s1. The molecule has 2 aliphatic heterocycles. The van der Waals surface area contributed by atoms with Gasteiger partial charge in [0.05, 0.1) is 17.8 Å². The van der Waals surface area contributed by atoms with E-state index in [0.29, 0.717) is 25.3 Å². The Hall–Kier alpha value is -3.32. The van der Waals surface area contributed by atoms with Gasteiger partial charge < -0.3 is 24.5 Å². The maximum atomic E-state index is 13.2. The third kappa shape index (κ3) is 3.21.